The van der Waals surface area contributed by atoms with Gasteiger partial charge in [0, 0.05) is 37.2 Å². The number of likely N-dealkylation sites (tertiary alicyclic amines) is 2. The number of aryl methyl sites for hydroxylation is 1. The van der Waals surface area contributed by atoms with Crippen molar-refractivity contribution in [3.8, 4) is 0 Å². The van der Waals surface area contributed by atoms with Crippen LogP contribution in [0.25, 0.3) is 0 Å². The molecule has 9 heteroatoms. The Balaban J connectivity index is 1.13. The summed E-state index contributed by atoms with van der Waals surface area (Å²) in [4.78, 5) is 31.2. The molecule has 5 rings (SSSR count). The van der Waals surface area contributed by atoms with Gasteiger partial charge in [0.25, 0.3) is 5.91 Å². The number of benzene rings is 1. The van der Waals surface area contributed by atoms with Crippen LogP contribution in [0.3, 0.4) is 0 Å². The number of piperidine rings is 2. The Morgan fingerprint density at radius 2 is 1.69 bits per heavy atom. The fraction of sp³-hybridized carbons (Fsp3) is 0.567. The number of carbonyl (C=O) groups excluding carboxylic acids is 1. The lowest BCUT2D eigenvalue weighted by Gasteiger charge is -2.41. The molecule has 2 saturated heterocycles. The molecule has 4 heterocycles. The van der Waals surface area contributed by atoms with Gasteiger partial charge in [0.2, 0.25) is 5.89 Å². The molecule has 0 aliphatic carbocycles. The molecule has 39 heavy (non-hydrogen) atoms. The number of nitrogens with zero attached hydrogens (tertiary/aromatic N) is 6. The van der Waals surface area contributed by atoms with Gasteiger partial charge in [-0.1, -0.05) is 50.2 Å². The van der Waals surface area contributed by atoms with Gasteiger partial charge in [0.15, 0.2) is 5.82 Å². The zero-order chi connectivity index (χ0) is 27.6. The van der Waals surface area contributed by atoms with E-state index in [1.807, 2.05) is 18.7 Å². The normalized spacial score (nSPS) is 17.9. The van der Waals surface area contributed by atoms with Gasteiger partial charge >= 0.3 is 0 Å². The van der Waals surface area contributed by atoms with Crippen LogP contribution in [0.4, 0.5) is 5.82 Å². The topological polar surface area (TPSA) is 100 Å². The van der Waals surface area contributed by atoms with Gasteiger partial charge in [-0.3, -0.25) is 4.79 Å². The third-order valence-corrected chi connectivity index (χ3v) is 8.26. The smallest absolute Gasteiger partial charge is 0.272 e. The lowest BCUT2D eigenvalue weighted by Crippen LogP contribution is -2.49. The first-order chi connectivity index (χ1) is 18.7. The predicted molar refractivity (Wildman–Crippen MR) is 151 cm³/mol. The molecule has 0 saturated carbocycles. The van der Waals surface area contributed by atoms with Gasteiger partial charge in [-0.05, 0) is 69.2 Å². The number of amides is 1. The number of rotatable bonds is 6. The van der Waals surface area contributed by atoms with Gasteiger partial charge in [0.05, 0.1) is 0 Å². The average Bonchev–Trinajstić information content (AvgIpc) is 3.38. The standard InChI is InChI=1S/C30H41N7O2/c1-20-26(32-19-33-27(20)31-18-22-6-8-24(9-7-22)30(3,4)5)29(38)37-16-12-25(13-17-37)36-14-10-23(11-15-36)28-34-21(2)35-39-28/h6-9,19,23,25H,10-18H2,1-5H3,(H,31,32,33). The van der Waals surface area contributed by atoms with E-state index in [9.17, 15) is 4.79 Å². The molecule has 0 spiro atoms. The molecule has 0 atom stereocenters. The minimum Gasteiger partial charge on any atom is -0.366 e. The van der Waals surface area contributed by atoms with Crippen molar-refractivity contribution in [3.63, 3.8) is 0 Å². The van der Waals surface area contributed by atoms with E-state index < -0.39 is 0 Å². The summed E-state index contributed by atoms with van der Waals surface area (Å²) in [5.41, 5.74) is 3.90. The summed E-state index contributed by atoms with van der Waals surface area (Å²) >= 11 is 0. The van der Waals surface area contributed by atoms with Crippen LogP contribution in [0.5, 0.6) is 0 Å². The van der Waals surface area contributed by atoms with Crippen molar-refractivity contribution >= 4 is 11.7 Å². The molecular weight excluding hydrogens is 490 g/mol. The minimum atomic E-state index is -0.00333. The SMILES string of the molecule is Cc1noc(C2CCN(C3CCN(C(=O)c4ncnc(NCc5ccc(C(C)(C)C)cc5)c4C)CC3)CC2)n1. The van der Waals surface area contributed by atoms with E-state index in [4.69, 9.17) is 4.52 Å². The highest BCUT2D eigenvalue weighted by molar-refractivity contribution is 5.94. The van der Waals surface area contributed by atoms with Crippen molar-refractivity contribution in [2.24, 2.45) is 0 Å². The Labute approximate surface area is 231 Å². The van der Waals surface area contributed by atoms with Crippen LogP contribution in [0, 0.1) is 13.8 Å². The van der Waals surface area contributed by atoms with Crippen LogP contribution in [0.1, 0.15) is 91.3 Å². The van der Waals surface area contributed by atoms with Crippen LogP contribution in [-0.4, -0.2) is 68.0 Å². The van der Waals surface area contributed by atoms with Gasteiger partial charge in [-0.25, -0.2) is 9.97 Å². The van der Waals surface area contributed by atoms with Gasteiger partial charge in [-0.15, -0.1) is 0 Å². The second kappa shape index (κ2) is 11.4. The average molecular weight is 532 g/mol. The Kier molecular flexibility index (Phi) is 7.98. The summed E-state index contributed by atoms with van der Waals surface area (Å²) in [7, 11) is 0. The first kappa shape index (κ1) is 27.2. The highest BCUT2D eigenvalue weighted by Crippen LogP contribution is 2.30. The molecule has 1 amide bonds. The maximum atomic E-state index is 13.4. The van der Waals surface area contributed by atoms with E-state index >= 15 is 0 Å². The lowest BCUT2D eigenvalue weighted by molar-refractivity contribution is 0.0563. The molecule has 1 N–H and O–H groups in total. The second-order valence-electron chi connectivity index (χ2n) is 12.0. The van der Waals surface area contributed by atoms with E-state index in [-0.39, 0.29) is 11.3 Å². The second-order valence-corrected chi connectivity index (χ2v) is 12.0. The number of hydrogen-bond acceptors (Lipinski definition) is 8. The summed E-state index contributed by atoms with van der Waals surface area (Å²) in [6.07, 6.45) is 5.54. The van der Waals surface area contributed by atoms with Crippen molar-refractivity contribution < 1.29 is 9.32 Å². The Morgan fingerprint density at radius 1 is 1.00 bits per heavy atom. The molecule has 2 aliphatic heterocycles. The number of carbonyl (C=O) groups is 1. The molecule has 0 unspecified atom stereocenters. The maximum absolute atomic E-state index is 13.4. The van der Waals surface area contributed by atoms with Crippen molar-refractivity contribution in [1.82, 2.24) is 29.9 Å². The fourth-order valence-corrected chi connectivity index (χ4v) is 5.73. The maximum Gasteiger partial charge on any atom is 0.272 e. The fourth-order valence-electron chi connectivity index (χ4n) is 5.73. The first-order valence-corrected chi connectivity index (χ1v) is 14.2. The molecule has 2 aliphatic rings. The molecular formula is C30H41N7O2. The van der Waals surface area contributed by atoms with Crippen molar-refractivity contribution in [3.05, 3.63) is 64.7 Å². The third kappa shape index (κ3) is 6.30. The molecule has 208 valence electrons. The lowest BCUT2D eigenvalue weighted by atomic mass is 9.87. The van der Waals surface area contributed by atoms with Crippen molar-refractivity contribution in [2.75, 3.05) is 31.5 Å². The summed E-state index contributed by atoms with van der Waals surface area (Å²) in [6, 6.07) is 9.16. The summed E-state index contributed by atoms with van der Waals surface area (Å²) in [5, 5.41) is 7.35. The molecule has 1 aromatic carbocycles. The van der Waals surface area contributed by atoms with Gasteiger partial charge < -0.3 is 19.6 Å². The van der Waals surface area contributed by atoms with Crippen molar-refractivity contribution in [1.29, 1.82) is 0 Å². The van der Waals surface area contributed by atoms with Crippen molar-refractivity contribution in [2.45, 2.75) is 84.2 Å². The number of hydrogen-bond donors (Lipinski definition) is 1. The third-order valence-electron chi connectivity index (χ3n) is 8.26. The quantitative estimate of drug-likeness (QED) is 0.481. The highest BCUT2D eigenvalue weighted by atomic mass is 16.5. The zero-order valence-corrected chi connectivity index (χ0v) is 23.9. The largest absolute Gasteiger partial charge is 0.366 e. The Morgan fingerprint density at radius 3 is 2.31 bits per heavy atom. The zero-order valence-electron chi connectivity index (χ0n) is 23.9. The molecule has 2 fully saturated rings. The van der Waals surface area contributed by atoms with Gasteiger partial charge in [0.1, 0.15) is 17.8 Å². The van der Waals surface area contributed by atoms with Crippen LogP contribution in [-0.2, 0) is 12.0 Å². The molecule has 9 nitrogen and oxygen atoms in total. The predicted octanol–water partition coefficient (Wildman–Crippen LogP) is 4.87. The van der Waals surface area contributed by atoms with E-state index in [1.54, 1.807) is 0 Å². The van der Waals surface area contributed by atoms with Crippen LogP contribution >= 0.6 is 0 Å². The minimum absolute atomic E-state index is 0.00333. The Hall–Kier alpha value is -3.33. The molecule has 0 radical (unpaired) electrons. The van der Waals surface area contributed by atoms with E-state index in [1.165, 1.54) is 17.5 Å². The monoisotopic (exact) mass is 531 g/mol. The summed E-state index contributed by atoms with van der Waals surface area (Å²) in [6.45, 7) is 14.6. The van der Waals surface area contributed by atoms with E-state index in [0.29, 0.717) is 35.8 Å². The van der Waals surface area contributed by atoms with Crippen LogP contribution < -0.4 is 5.32 Å². The van der Waals surface area contributed by atoms with E-state index in [2.05, 4.69) is 75.4 Å². The van der Waals surface area contributed by atoms with Crippen LogP contribution in [0.15, 0.2) is 35.1 Å². The number of nitrogens with one attached hydrogen (secondary N) is 1. The van der Waals surface area contributed by atoms with Crippen LogP contribution in [0.2, 0.25) is 0 Å². The summed E-state index contributed by atoms with van der Waals surface area (Å²) in [5.74, 6) is 2.55. The Bertz CT molecular complexity index is 1270. The first-order valence-electron chi connectivity index (χ1n) is 14.2. The highest BCUT2D eigenvalue weighted by Gasteiger charge is 2.32. The number of anilines is 1. The molecule has 0 bridgehead atoms. The molecule has 2 aromatic heterocycles. The van der Waals surface area contributed by atoms with E-state index in [0.717, 1.165) is 63.3 Å². The molecule has 3 aromatic rings. The van der Waals surface area contributed by atoms with Gasteiger partial charge in [-0.2, -0.15) is 4.98 Å². The number of aromatic nitrogens is 4. The summed E-state index contributed by atoms with van der Waals surface area (Å²) < 4.78 is 5.40.